The molecular formula is C19H19NO3. The highest BCUT2D eigenvalue weighted by atomic mass is 16.3. The number of furan rings is 2. The molecule has 3 aromatic rings. The molecule has 1 amide bonds. The van der Waals surface area contributed by atoms with Gasteiger partial charge in [-0.15, -0.1) is 0 Å². The summed E-state index contributed by atoms with van der Waals surface area (Å²) in [6.07, 6.45) is 3.22. The van der Waals surface area contributed by atoms with Crippen LogP contribution in [0, 0.1) is 13.8 Å². The van der Waals surface area contributed by atoms with Crippen LogP contribution in [-0.2, 0) is 13.1 Å². The van der Waals surface area contributed by atoms with Crippen molar-refractivity contribution in [3.05, 3.63) is 83.2 Å². The van der Waals surface area contributed by atoms with Crippen molar-refractivity contribution < 1.29 is 13.6 Å². The van der Waals surface area contributed by atoms with E-state index in [0.717, 1.165) is 17.1 Å². The number of amides is 1. The molecule has 0 saturated heterocycles. The van der Waals surface area contributed by atoms with Crippen LogP contribution in [0.1, 0.15) is 33.0 Å². The quantitative estimate of drug-likeness (QED) is 0.704. The second-order valence-corrected chi connectivity index (χ2v) is 5.62. The summed E-state index contributed by atoms with van der Waals surface area (Å²) in [6, 6.07) is 13.1. The lowest BCUT2D eigenvalue weighted by atomic mass is 10.1. The number of benzene rings is 1. The Morgan fingerprint density at radius 1 is 0.913 bits per heavy atom. The van der Waals surface area contributed by atoms with E-state index in [9.17, 15) is 4.79 Å². The molecule has 0 unspecified atom stereocenters. The second-order valence-electron chi connectivity index (χ2n) is 5.62. The number of aryl methyl sites for hydroxylation is 2. The average Bonchev–Trinajstić information content (AvgIpc) is 3.22. The van der Waals surface area contributed by atoms with Gasteiger partial charge < -0.3 is 13.7 Å². The zero-order chi connectivity index (χ0) is 16.2. The van der Waals surface area contributed by atoms with E-state index < -0.39 is 0 Å². The summed E-state index contributed by atoms with van der Waals surface area (Å²) in [6.45, 7) is 4.85. The zero-order valence-electron chi connectivity index (χ0n) is 13.3. The van der Waals surface area contributed by atoms with Crippen molar-refractivity contribution in [2.75, 3.05) is 0 Å². The number of rotatable bonds is 5. The maximum Gasteiger partial charge on any atom is 0.254 e. The van der Waals surface area contributed by atoms with Gasteiger partial charge in [0, 0.05) is 5.56 Å². The largest absolute Gasteiger partial charge is 0.467 e. The summed E-state index contributed by atoms with van der Waals surface area (Å²) in [4.78, 5) is 14.6. The first-order chi connectivity index (χ1) is 11.1. The Morgan fingerprint density at radius 3 is 2.00 bits per heavy atom. The fraction of sp³-hybridized carbons (Fsp3) is 0.211. The first-order valence-electron chi connectivity index (χ1n) is 7.55. The normalized spacial score (nSPS) is 10.7. The molecule has 0 bridgehead atoms. The van der Waals surface area contributed by atoms with E-state index in [0.29, 0.717) is 18.7 Å². The van der Waals surface area contributed by atoms with Crippen molar-refractivity contribution in [2.45, 2.75) is 26.9 Å². The predicted molar refractivity (Wildman–Crippen MR) is 86.9 cm³/mol. The van der Waals surface area contributed by atoms with Crippen molar-refractivity contribution in [1.82, 2.24) is 4.90 Å². The molecule has 0 N–H and O–H groups in total. The third-order valence-electron chi connectivity index (χ3n) is 3.89. The summed E-state index contributed by atoms with van der Waals surface area (Å²) in [5, 5.41) is 0. The number of carbonyl (C=O) groups is 1. The van der Waals surface area contributed by atoms with E-state index in [2.05, 4.69) is 0 Å². The molecule has 4 heteroatoms. The fourth-order valence-corrected chi connectivity index (χ4v) is 2.44. The Balaban J connectivity index is 1.86. The Hall–Kier alpha value is -2.75. The Kier molecular flexibility index (Phi) is 4.33. The predicted octanol–water partition coefficient (Wildman–Crippen LogP) is 4.33. The van der Waals surface area contributed by atoms with Crippen molar-refractivity contribution >= 4 is 5.91 Å². The van der Waals surface area contributed by atoms with Gasteiger partial charge >= 0.3 is 0 Å². The molecule has 0 spiro atoms. The van der Waals surface area contributed by atoms with Gasteiger partial charge in [-0.25, -0.2) is 0 Å². The molecule has 4 nitrogen and oxygen atoms in total. The lowest BCUT2D eigenvalue weighted by Crippen LogP contribution is -2.30. The number of nitrogens with zero attached hydrogens (tertiary/aromatic N) is 1. The highest BCUT2D eigenvalue weighted by Crippen LogP contribution is 2.17. The minimum Gasteiger partial charge on any atom is -0.467 e. The van der Waals surface area contributed by atoms with Crippen molar-refractivity contribution in [3.63, 3.8) is 0 Å². The molecule has 0 aliphatic rings. The standard InChI is InChI=1S/C19H19NO3/c1-14-7-8-16(11-15(14)2)19(21)20(12-17-5-3-9-22-17)13-18-6-4-10-23-18/h3-11H,12-13H2,1-2H3. The van der Waals surface area contributed by atoms with Crippen LogP contribution < -0.4 is 0 Å². The highest BCUT2D eigenvalue weighted by molar-refractivity contribution is 5.94. The van der Waals surface area contributed by atoms with Gasteiger partial charge in [-0.05, 0) is 61.4 Å². The third kappa shape index (κ3) is 3.54. The van der Waals surface area contributed by atoms with Gasteiger partial charge in [0.15, 0.2) is 0 Å². The Labute approximate surface area is 135 Å². The van der Waals surface area contributed by atoms with Gasteiger partial charge in [-0.3, -0.25) is 4.79 Å². The van der Waals surface area contributed by atoms with Gasteiger partial charge in [0.05, 0.1) is 25.6 Å². The third-order valence-corrected chi connectivity index (χ3v) is 3.89. The summed E-state index contributed by atoms with van der Waals surface area (Å²) >= 11 is 0. The number of hydrogen-bond donors (Lipinski definition) is 0. The molecule has 23 heavy (non-hydrogen) atoms. The molecule has 0 radical (unpaired) electrons. The van der Waals surface area contributed by atoms with E-state index in [1.807, 2.05) is 56.3 Å². The van der Waals surface area contributed by atoms with Gasteiger partial charge in [0.1, 0.15) is 11.5 Å². The second kappa shape index (κ2) is 6.57. The summed E-state index contributed by atoms with van der Waals surface area (Å²) in [5.41, 5.74) is 2.95. The zero-order valence-corrected chi connectivity index (χ0v) is 13.3. The first-order valence-corrected chi connectivity index (χ1v) is 7.55. The molecule has 0 aliphatic heterocycles. The number of hydrogen-bond acceptors (Lipinski definition) is 3. The van der Waals surface area contributed by atoms with Gasteiger partial charge in [0.2, 0.25) is 0 Å². The molecule has 118 valence electrons. The van der Waals surface area contributed by atoms with Crippen LogP contribution in [0.5, 0.6) is 0 Å². The van der Waals surface area contributed by atoms with Crippen LogP contribution in [0.25, 0.3) is 0 Å². The van der Waals surface area contributed by atoms with E-state index >= 15 is 0 Å². The van der Waals surface area contributed by atoms with E-state index in [1.165, 1.54) is 5.56 Å². The molecule has 1 aromatic carbocycles. The van der Waals surface area contributed by atoms with Crippen LogP contribution in [0.2, 0.25) is 0 Å². The topological polar surface area (TPSA) is 46.6 Å². The van der Waals surface area contributed by atoms with Crippen LogP contribution >= 0.6 is 0 Å². The monoisotopic (exact) mass is 309 g/mol. The van der Waals surface area contributed by atoms with Crippen molar-refractivity contribution in [1.29, 1.82) is 0 Å². The lowest BCUT2D eigenvalue weighted by molar-refractivity contribution is 0.0704. The Bertz CT molecular complexity index is 737. The highest BCUT2D eigenvalue weighted by Gasteiger charge is 2.19. The van der Waals surface area contributed by atoms with Crippen LogP contribution in [-0.4, -0.2) is 10.8 Å². The summed E-state index contributed by atoms with van der Waals surface area (Å²) < 4.78 is 10.8. The molecule has 2 aromatic heterocycles. The minimum absolute atomic E-state index is 0.0408. The maximum atomic E-state index is 12.9. The molecule has 0 fully saturated rings. The fourth-order valence-electron chi connectivity index (χ4n) is 2.44. The van der Waals surface area contributed by atoms with E-state index in [1.54, 1.807) is 17.4 Å². The summed E-state index contributed by atoms with van der Waals surface area (Å²) in [7, 11) is 0. The van der Waals surface area contributed by atoms with Crippen LogP contribution in [0.15, 0.2) is 63.8 Å². The molecule has 0 aliphatic carbocycles. The maximum absolute atomic E-state index is 12.9. The minimum atomic E-state index is -0.0408. The van der Waals surface area contributed by atoms with E-state index in [-0.39, 0.29) is 5.91 Å². The van der Waals surface area contributed by atoms with Crippen molar-refractivity contribution in [3.8, 4) is 0 Å². The summed E-state index contributed by atoms with van der Waals surface area (Å²) in [5.74, 6) is 1.45. The SMILES string of the molecule is Cc1ccc(C(=O)N(Cc2ccco2)Cc2ccco2)cc1C. The average molecular weight is 309 g/mol. The van der Waals surface area contributed by atoms with Crippen molar-refractivity contribution in [2.24, 2.45) is 0 Å². The van der Waals surface area contributed by atoms with Gasteiger partial charge in [-0.1, -0.05) is 6.07 Å². The molecule has 0 saturated carbocycles. The van der Waals surface area contributed by atoms with Crippen LogP contribution in [0.4, 0.5) is 0 Å². The molecule has 2 heterocycles. The molecule has 3 rings (SSSR count). The lowest BCUT2D eigenvalue weighted by Gasteiger charge is -2.21. The van der Waals surface area contributed by atoms with E-state index in [4.69, 9.17) is 8.83 Å². The molecule has 0 atom stereocenters. The first kappa shape index (κ1) is 15.2. The molecular weight excluding hydrogens is 290 g/mol. The van der Waals surface area contributed by atoms with Crippen LogP contribution in [0.3, 0.4) is 0 Å². The van der Waals surface area contributed by atoms with Gasteiger partial charge in [0.25, 0.3) is 5.91 Å². The number of carbonyl (C=O) groups excluding carboxylic acids is 1. The van der Waals surface area contributed by atoms with Gasteiger partial charge in [-0.2, -0.15) is 0 Å². The smallest absolute Gasteiger partial charge is 0.254 e. The Morgan fingerprint density at radius 2 is 1.52 bits per heavy atom.